The van der Waals surface area contributed by atoms with Gasteiger partial charge in [-0.2, -0.15) is 0 Å². The van der Waals surface area contributed by atoms with Crippen LogP contribution in [0.5, 0.6) is 0 Å². The molecule has 0 heterocycles. The maximum atomic E-state index is 11.1. The van der Waals surface area contributed by atoms with Crippen molar-refractivity contribution in [2.45, 2.75) is 19.3 Å². The molecule has 0 bridgehead atoms. The molecule has 0 aromatic heterocycles. The predicted octanol–water partition coefficient (Wildman–Crippen LogP) is 0.342. The van der Waals surface area contributed by atoms with Crippen LogP contribution >= 0.6 is 0 Å². The highest BCUT2D eigenvalue weighted by Gasteiger charge is 2.29. The molecule has 0 spiro atoms. The summed E-state index contributed by atoms with van der Waals surface area (Å²) in [6, 6.07) is 13.3. The van der Waals surface area contributed by atoms with Crippen LogP contribution in [-0.2, 0) is 11.2 Å². The van der Waals surface area contributed by atoms with Crippen molar-refractivity contribution in [3.8, 4) is 0 Å². The summed E-state index contributed by atoms with van der Waals surface area (Å²) in [6.07, 6.45) is 0.129. The molecule has 2 rings (SSSR count). The van der Waals surface area contributed by atoms with Crippen LogP contribution in [0.25, 0.3) is 10.8 Å². The quantitative estimate of drug-likeness (QED) is 0.605. The van der Waals surface area contributed by atoms with Gasteiger partial charge in [0.2, 0.25) is 5.91 Å². The lowest BCUT2D eigenvalue weighted by atomic mass is 9.67. The van der Waals surface area contributed by atoms with Crippen molar-refractivity contribution in [3.63, 3.8) is 0 Å². The SMILES string of the molecule is CC(=O)N[C@@H](Cc1cccc2ccccc12)[B-](O)(O)O. The molecule has 0 fully saturated rings. The molecule has 20 heavy (non-hydrogen) atoms. The van der Waals surface area contributed by atoms with Crippen molar-refractivity contribution in [2.75, 3.05) is 0 Å². The Kier molecular flexibility index (Phi) is 4.08. The first-order valence-electron chi connectivity index (χ1n) is 6.43. The molecule has 4 N–H and O–H groups in total. The molecule has 6 heteroatoms. The fourth-order valence-corrected chi connectivity index (χ4v) is 2.29. The highest BCUT2D eigenvalue weighted by atomic mass is 16.5. The molecule has 0 aliphatic heterocycles. The van der Waals surface area contributed by atoms with E-state index in [-0.39, 0.29) is 6.42 Å². The van der Waals surface area contributed by atoms with Gasteiger partial charge in [0, 0.05) is 6.92 Å². The van der Waals surface area contributed by atoms with Crippen LogP contribution in [0.4, 0.5) is 0 Å². The van der Waals surface area contributed by atoms with Gasteiger partial charge in [0.05, 0.1) is 0 Å². The van der Waals surface area contributed by atoms with Gasteiger partial charge < -0.3 is 20.4 Å². The van der Waals surface area contributed by atoms with Crippen LogP contribution < -0.4 is 5.32 Å². The van der Waals surface area contributed by atoms with E-state index >= 15 is 0 Å². The molecule has 0 radical (unpaired) electrons. The number of fused-ring (bicyclic) bond motifs is 1. The zero-order valence-electron chi connectivity index (χ0n) is 11.2. The molecule has 106 valence electrons. The van der Waals surface area contributed by atoms with Crippen LogP contribution in [0, 0.1) is 0 Å². The van der Waals surface area contributed by atoms with Gasteiger partial charge in [-0.15, -0.1) is 0 Å². The lowest BCUT2D eigenvalue weighted by Gasteiger charge is -2.32. The van der Waals surface area contributed by atoms with Crippen molar-refractivity contribution < 1.29 is 19.9 Å². The monoisotopic (exact) mass is 274 g/mol. The van der Waals surface area contributed by atoms with Gasteiger partial charge in [-0.25, -0.2) is 0 Å². The van der Waals surface area contributed by atoms with E-state index in [2.05, 4.69) is 5.32 Å². The van der Waals surface area contributed by atoms with Gasteiger partial charge in [0.15, 0.2) is 0 Å². The Balaban J connectivity index is 2.36. The van der Waals surface area contributed by atoms with E-state index < -0.39 is 18.6 Å². The Morgan fingerprint density at radius 2 is 1.80 bits per heavy atom. The van der Waals surface area contributed by atoms with Gasteiger partial charge >= 0.3 is 6.75 Å². The summed E-state index contributed by atoms with van der Waals surface area (Å²) in [5.74, 6) is -1.57. The van der Waals surface area contributed by atoms with E-state index in [9.17, 15) is 19.9 Å². The third-order valence-electron chi connectivity index (χ3n) is 3.25. The zero-order chi connectivity index (χ0) is 14.8. The number of amides is 1. The Labute approximate surface area is 116 Å². The van der Waals surface area contributed by atoms with E-state index in [0.717, 1.165) is 16.3 Å². The molecule has 0 unspecified atom stereocenters. The van der Waals surface area contributed by atoms with Crippen molar-refractivity contribution >= 4 is 23.4 Å². The minimum absolute atomic E-state index is 0.129. The first-order chi connectivity index (χ1) is 9.38. The van der Waals surface area contributed by atoms with Gasteiger partial charge in [-0.05, 0) is 28.7 Å². The Hall–Kier alpha value is -1.89. The number of carbonyl (C=O) groups excluding carboxylic acids is 1. The Morgan fingerprint density at radius 1 is 1.15 bits per heavy atom. The average Bonchev–Trinajstić information content (AvgIpc) is 2.37. The van der Waals surface area contributed by atoms with E-state index in [0.29, 0.717) is 0 Å². The summed E-state index contributed by atoms with van der Waals surface area (Å²) in [5.41, 5.74) is 0.824. The molecular weight excluding hydrogens is 257 g/mol. The van der Waals surface area contributed by atoms with Gasteiger partial charge in [0.25, 0.3) is 0 Å². The number of carbonyl (C=O) groups is 1. The topological polar surface area (TPSA) is 89.8 Å². The minimum Gasteiger partial charge on any atom is -0.558 e. The van der Waals surface area contributed by atoms with Crippen molar-refractivity contribution in [1.29, 1.82) is 0 Å². The van der Waals surface area contributed by atoms with E-state index in [4.69, 9.17) is 0 Å². The molecule has 2 aromatic carbocycles. The van der Waals surface area contributed by atoms with Crippen LogP contribution in [0.2, 0.25) is 0 Å². The van der Waals surface area contributed by atoms with Crippen molar-refractivity contribution in [2.24, 2.45) is 0 Å². The lowest BCUT2D eigenvalue weighted by molar-refractivity contribution is -0.119. The Bertz CT molecular complexity index is 619. The van der Waals surface area contributed by atoms with E-state index in [1.807, 2.05) is 42.5 Å². The molecule has 0 aliphatic carbocycles. The predicted molar refractivity (Wildman–Crippen MR) is 77.7 cm³/mol. The van der Waals surface area contributed by atoms with E-state index in [1.54, 1.807) is 0 Å². The molecule has 5 nitrogen and oxygen atoms in total. The normalized spacial score (nSPS) is 13.2. The number of rotatable bonds is 4. The smallest absolute Gasteiger partial charge is 0.394 e. The third kappa shape index (κ3) is 3.36. The number of benzene rings is 2. The minimum atomic E-state index is -3.64. The fourth-order valence-electron chi connectivity index (χ4n) is 2.29. The molecule has 0 aliphatic rings. The highest BCUT2D eigenvalue weighted by Crippen LogP contribution is 2.20. The van der Waals surface area contributed by atoms with Crippen LogP contribution in [0.15, 0.2) is 42.5 Å². The fraction of sp³-hybridized carbons (Fsp3) is 0.214. The summed E-state index contributed by atoms with van der Waals surface area (Å²) >= 11 is 0. The maximum absolute atomic E-state index is 11.1. The lowest BCUT2D eigenvalue weighted by Crippen LogP contribution is -2.58. The standard InChI is InChI=1S/C14H17BNO4/c1-10(17)16-14(15(18,19)20)9-12-7-4-6-11-5-2-3-8-13(11)12/h2-8,14,18-20H,9H2,1H3,(H,16,17)/q-1/t14-/m0/s1. The van der Waals surface area contributed by atoms with E-state index in [1.165, 1.54) is 6.92 Å². The number of hydrogen-bond acceptors (Lipinski definition) is 4. The van der Waals surface area contributed by atoms with Gasteiger partial charge in [0.1, 0.15) is 0 Å². The second-order valence-corrected chi connectivity index (χ2v) is 4.94. The number of hydrogen-bond donors (Lipinski definition) is 4. The van der Waals surface area contributed by atoms with Gasteiger partial charge in [-0.3, -0.25) is 4.79 Å². The van der Waals surface area contributed by atoms with Crippen LogP contribution in [0.3, 0.4) is 0 Å². The molecule has 0 saturated carbocycles. The first kappa shape index (κ1) is 14.5. The molecule has 1 amide bonds. The largest absolute Gasteiger partial charge is 0.558 e. The summed E-state index contributed by atoms with van der Waals surface area (Å²) in [6.45, 7) is -2.37. The second kappa shape index (κ2) is 5.62. The average molecular weight is 274 g/mol. The molecule has 0 saturated heterocycles. The van der Waals surface area contributed by atoms with Crippen LogP contribution in [-0.4, -0.2) is 33.7 Å². The van der Waals surface area contributed by atoms with Crippen LogP contribution in [0.1, 0.15) is 12.5 Å². The maximum Gasteiger partial charge on any atom is 0.394 e. The molecule has 1 atom stereocenters. The van der Waals surface area contributed by atoms with Crippen molar-refractivity contribution in [3.05, 3.63) is 48.0 Å². The summed E-state index contributed by atoms with van der Waals surface area (Å²) in [7, 11) is 0. The summed E-state index contributed by atoms with van der Waals surface area (Å²) in [5, 5.41) is 32.6. The zero-order valence-corrected chi connectivity index (χ0v) is 11.2. The summed E-state index contributed by atoms with van der Waals surface area (Å²) in [4.78, 5) is 11.1. The molecular formula is C14H17BNO4-. The highest BCUT2D eigenvalue weighted by molar-refractivity contribution is 6.58. The Morgan fingerprint density at radius 3 is 2.45 bits per heavy atom. The third-order valence-corrected chi connectivity index (χ3v) is 3.25. The van der Waals surface area contributed by atoms with Gasteiger partial charge in [-0.1, -0.05) is 42.5 Å². The molecule has 2 aromatic rings. The van der Waals surface area contributed by atoms with Crippen molar-refractivity contribution in [1.82, 2.24) is 5.32 Å². The number of nitrogens with one attached hydrogen (secondary N) is 1. The summed E-state index contributed by atoms with van der Waals surface area (Å²) < 4.78 is 0. The second-order valence-electron chi connectivity index (χ2n) is 4.94. The first-order valence-corrected chi connectivity index (χ1v) is 6.43.